The summed E-state index contributed by atoms with van der Waals surface area (Å²) in [5, 5.41) is 0. The first-order valence-electron chi connectivity index (χ1n) is 8.17. The van der Waals surface area contributed by atoms with Gasteiger partial charge in [0.25, 0.3) is 0 Å². The van der Waals surface area contributed by atoms with E-state index in [2.05, 4.69) is 52.0 Å². The predicted molar refractivity (Wildman–Crippen MR) is 103 cm³/mol. The van der Waals surface area contributed by atoms with Crippen LogP contribution in [0.3, 0.4) is 0 Å². The van der Waals surface area contributed by atoms with Crippen LogP contribution in [-0.4, -0.2) is 37.0 Å². The summed E-state index contributed by atoms with van der Waals surface area (Å²) < 4.78 is 0.999. The Labute approximate surface area is 151 Å². The third-order valence-corrected chi connectivity index (χ3v) is 5.08. The van der Waals surface area contributed by atoms with E-state index < -0.39 is 0 Å². The maximum absolute atomic E-state index is 12.4. The molecule has 0 bridgehead atoms. The second kappa shape index (κ2) is 7.67. The number of rotatable bonds is 3. The van der Waals surface area contributed by atoms with Gasteiger partial charge in [0, 0.05) is 42.4 Å². The molecule has 1 saturated heterocycles. The Morgan fingerprint density at radius 1 is 1.00 bits per heavy atom. The summed E-state index contributed by atoms with van der Waals surface area (Å²) in [5.41, 5.74) is 3.57. The summed E-state index contributed by atoms with van der Waals surface area (Å²) in [6.45, 7) is 5.40. The molecule has 3 rings (SSSR count). The standard InChI is InChI=1S/C20H21BrN2O/c1-16-6-2-5-9-19(16)22-12-14-23(15-13-22)20(24)11-10-17-7-3-4-8-18(17)21/h2-11H,12-15H2,1H3/b11-10+. The molecule has 24 heavy (non-hydrogen) atoms. The number of amides is 1. The van der Waals surface area contributed by atoms with Crippen molar-refractivity contribution in [2.24, 2.45) is 0 Å². The van der Waals surface area contributed by atoms with E-state index in [0.29, 0.717) is 0 Å². The number of halogens is 1. The van der Waals surface area contributed by atoms with Crippen LogP contribution in [0.2, 0.25) is 0 Å². The first-order valence-corrected chi connectivity index (χ1v) is 8.96. The highest BCUT2D eigenvalue weighted by molar-refractivity contribution is 9.10. The molecule has 0 aliphatic carbocycles. The summed E-state index contributed by atoms with van der Waals surface area (Å²) in [6, 6.07) is 16.3. The van der Waals surface area contributed by atoms with Crippen LogP contribution in [0.5, 0.6) is 0 Å². The van der Waals surface area contributed by atoms with E-state index in [1.165, 1.54) is 11.3 Å². The molecule has 0 radical (unpaired) electrons. The predicted octanol–water partition coefficient (Wildman–Crippen LogP) is 4.12. The molecule has 0 unspecified atom stereocenters. The van der Waals surface area contributed by atoms with Crippen molar-refractivity contribution in [1.82, 2.24) is 4.90 Å². The van der Waals surface area contributed by atoms with Crippen LogP contribution >= 0.6 is 15.9 Å². The maximum atomic E-state index is 12.4. The van der Waals surface area contributed by atoms with Crippen molar-refractivity contribution in [3.63, 3.8) is 0 Å². The van der Waals surface area contributed by atoms with Crippen LogP contribution < -0.4 is 4.90 Å². The van der Waals surface area contributed by atoms with Gasteiger partial charge in [0.1, 0.15) is 0 Å². The van der Waals surface area contributed by atoms with Gasteiger partial charge in [-0.15, -0.1) is 0 Å². The molecule has 2 aromatic carbocycles. The molecule has 1 aliphatic rings. The molecule has 0 aromatic heterocycles. The lowest BCUT2D eigenvalue weighted by Crippen LogP contribution is -2.48. The first-order chi connectivity index (χ1) is 11.6. The number of piperazine rings is 1. The van der Waals surface area contributed by atoms with Crippen molar-refractivity contribution >= 4 is 33.6 Å². The number of carbonyl (C=O) groups is 1. The fourth-order valence-electron chi connectivity index (χ4n) is 2.96. The molecule has 1 fully saturated rings. The van der Waals surface area contributed by atoms with Crippen molar-refractivity contribution in [3.8, 4) is 0 Å². The Bertz CT molecular complexity index is 749. The molecular weight excluding hydrogens is 364 g/mol. The van der Waals surface area contributed by atoms with Crippen molar-refractivity contribution in [2.45, 2.75) is 6.92 Å². The molecule has 0 atom stereocenters. The second-order valence-corrected chi connectivity index (χ2v) is 6.81. The van der Waals surface area contributed by atoms with Gasteiger partial charge in [0.2, 0.25) is 5.91 Å². The average molecular weight is 385 g/mol. The zero-order valence-electron chi connectivity index (χ0n) is 13.8. The molecule has 2 aromatic rings. The zero-order valence-corrected chi connectivity index (χ0v) is 15.4. The van der Waals surface area contributed by atoms with Crippen LogP contribution in [0.15, 0.2) is 59.1 Å². The molecule has 1 aliphatic heterocycles. The van der Waals surface area contributed by atoms with Gasteiger partial charge in [-0.05, 0) is 36.3 Å². The number of hydrogen-bond donors (Lipinski definition) is 0. The molecule has 4 heteroatoms. The largest absolute Gasteiger partial charge is 0.368 e. The Morgan fingerprint density at radius 2 is 1.67 bits per heavy atom. The Balaban J connectivity index is 1.59. The van der Waals surface area contributed by atoms with E-state index in [1.54, 1.807) is 6.08 Å². The molecule has 124 valence electrons. The first kappa shape index (κ1) is 16.8. The lowest BCUT2D eigenvalue weighted by molar-refractivity contribution is -0.126. The lowest BCUT2D eigenvalue weighted by atomic mass is 10.1. The van der Waals surface area contributed by atoms with E-state index in [4.69, 9.17) is 0 Å². The molecule has 0 spiro atoms. The molecule has 3 nitrogen and oxygen atoms in total. The van der Waals surface area contributed by atoms with Gasteiger partial charge in [-0.25, -0.2) is 0 Å². The Hall–Kier alpha value is -2.07. The van der Waals surface area contributed by atoms with Crippen LogP contribution in [0.25, 0.3) is 6.08 Å². The summed E-state index contributed by atoms with van der Waals surface area (Å²) in [7, 11) is 0. The number of hydrogen-bond acceptors (Lipinski definition) is 2. The fourth-order valence-corrected chi connectivity index (χ4v) is 3.38. The average Bonchev–Trinajstić information content (AvgIpc) is 2.61. The minimum Gasteiger partial charge on any atom is -0.368 e. The van der Waals surface area contributed by atoms with Crippen LogP contribution in [0.4, 0.5) is 5.69 Å². The number of para-hydroxylation sites is 1. The Morgan fingerprint density at radius 3 is 2.38 bits per heavy atom. The quantitative estimate of drug-likeness (QED) is 0.743. The van der Waals surface area contributed by atoms with Gasteiger partial charge >= 0.3 is 0 Å². The van der Waals surface area contributed by atoms with Crippen molar-refractivity contribution in [3.05, 3.63) is 70.2 Å². The van der Waals surface area contributed by atoms with Crippen LogP contribution in [0.1, 0.15) is 11.1 Å². The van der Waals surface area contributed by atoms with E-state index in [-0.39, 0.29) is 5.91 Å². The highest BCUT2D eigenvalue weighted by atomic mass is 79.9. The number of benzene rings is 2. The minimum absolute atomic E-state index is 0.0789. The molecular formula is C20H21BrN2O. The summed E-state index contributed by atoms with van der Waals surface area (Å²) >= 11 is 3.50. The normalized spacial score (nSPS) is 15.1. The monoisotopic (exact) mass is 384 g/mol. The van der Waals surface area contributed by atoms with Gasteiger partial charge < -0.3 is 9.80 Å². The molecule has 0 saturated carbocycles. The number of anilines is 1. The zero-order chi connectivity index (χ0) is 16.9. The van der Waals surface area contributed by atoms with Gasteiger partial charge in [-0.3, -0.25) is 4.79 Å². The fraction of sp³-hybridized carbons (Fsp3) is 0.250. The number of aryl methyl sites for hydroxylation is 1. The number of nitrogens with zero attached hydrogens (tertiary/aromatic N) is 2. The van der Waals surface area contributed by atoms with Crippen LogP contribution in [0, 0.1) is 6.92 Å². The van der Waals surface area contributed by atoms with Crippen molar-refractivity contribution < 1.29 is 4.79 Å². The third-order valence-electron chi connectivity index (χ3n) is 4.36. The summed E-state index contributed by atoms with van der Waals surface area (Å²) in [4.78, 5) is 16.7. The SMILES string of the molecule is Cc1ccccc1N1CCN(C(=O)/C=C/c2ccccc2Br)CC1. The summed E-state index contributed by atoms with van der Waals surface area (Å²) in [5.74, 6) is 0.0789. The second-order valence-electron chi connectivity index (χ2n) is 5.95. The highest BCUT2D eigenvalue weighted by Crippen LogP contribution is 2.21. The molecule has 0 N–H and O–H groups in total. The topological polar surface area (TPSA) is 23.6 Å². The van der Waals surface area contributed by atoms with Gasteiger partial charge in [0.15, 0.2) is 0 Å². The van der Waals surface area contributed by atoms with Crippen molar-refractivity contribution in [2.75, 3.05) is 31.1 Å². The third kappa shape index (κ3) is 3.88. The smallest absolute Gasteiger partial charge is 0.246 e. The van der Waals surface area contributed by atoms with E-state index >= 15 is 0 Å². The maximum Gasteiger partial charge on any atom is 0.246 e. The lowest BCUT2D eigenvalue weighted by Gasteiger charge is -2.36. The number of carbonyl (C=O) groups excluding carboxylic acids is 1. The van der Waals surface area contributed by atoms with Crippen LogP contribution in [-0.2, 0) is 4.79 Å². The van der Waals surface area contributed by atoms with E-state index in [9.17, 15) is 4.79 Å². The van der Waals surface area contributed by atoms with Crippen molar-refractivity contribution in [1.29, 1.82) is 0 Å². The van der Waals surface area contributed by atoms with E-state index in [0.717, 1.165) is 36.2 Å². The van der Waals surface area contributed by atoms with E-state index in [1.807, 2.05) is 35.2 Å². The highest BCUT2D eigenvalue weighted by Gasteiger charge is 2.20. The Kier molecular flexibility index (Phi) is 5.36. The summed E-state index contributed by atoms with van der Waals surface area (Å²) in [6.07, 6.45) is 3.55. The van der Waals surface area contributed by atoms with Gasteiger partial charge in [-0.2, -0.15) is 0 Å². The minimum atomic E-state index is 0.0789. The van der Waals surface area contributed by atoms with Gasteiger partial charge in [0.05, 0.1) is 0 Å². The molecule has 1 heterocycles. The molecule has 1 amide bonds. The van der Waals surface area contributed by atoms with Gasteiger partial charge in [-0.1, -0.05) is 52.3 Å².